The van der Waals surface area contributed by atoms with Crippen LogP contribution in [-0.4, -0.2) is 41.4 Å². The quantitative estimate of drug-likeness (QED) is 0.257. The van der Waals surface area contributed by atoms with Gasteiger partial charge in [0.05, 0.1) is 30.6 Å². The molecule has 2 aromatic heterocycles. The number of thiocarbonyl (C=S) groups is 1. The third-order valence-electron chi connectivity index (χ3n) is 7.50. The minimum Gasteiger partial charge on any atom is -0.495 e. The summed E-state index contributed by atoms with van der Waals surface area (Å²) in [4.78, 5) is 19.2. The van der Waals surface area contributed by atoms with Gasteiger partial charge in [-0.2, -0.15) is 0 Å². The van der Waals surface area contributed by atoms with Crippen LogP contribution in [0.2, 0.25) is 0 Å². The Bertz CT molecular complexity index is 1600. The smallest absolute Gasteiger partial charge is 0.250 e. The summed E-state index contributed by atoms with van der Waals surface area (Å²) in [6, 6.07) is 20.0. The third kappa shape index (κ3) is 5.42. The third-order valence-corrected chi connectivity index (χ3v) is 7.82. The lowest BCUT2D eigenvalue weighted by atomic mass is 9.96. The second-order valence-electron chi connectivity index (χ2n) is 10.3. The molecule has 0 radical (unpaired) electrons. The Morgan fingerprint density at radius 3 is 2.56 bits per heavy atom. The molecule has 5 rings (SSSR count). The Labute approximate surface area is 246 Å². The summed E-state index contributed by atoms with van der Waals surface area (Å²) in [5.74, 6) is 0.271. The van der Waals surface area contributed by atoms with Gasteiger partial charge in [0.15, 0.2) is 5.11 Å². The molecule has 2 atom stereocenters. The summed E-state index contributed by atoms with van der Waals surface area (Å²) in [5.41, 5.74) is 9.20. The number of amides is 1. The molecule has 0 bridgehead atoms. The van der Waals surface area contributed by atoms with E-state index in [4.69, 9.17) is 26.7 Å². The summed E-state index contributed by atoms with van der Waals surface area (Å²) in [5, 5.41) is 7.01. The van der Waals surface area contributed by atoms with E-state index in [2.05, 4.69) is 72.1 Å². The number of nitrogens with one attached hydrogen (secondary N) is 2. The molecule has 0 spiro atoms. The van der Waals surface area contributed by atoms with Gasteiger partial charge in [0.25, 0.3) is 0 Å². The molecule has 1 saturated heterocycles. The first-order chi connectivity index (χ1) is 19.7. The van der Waals surface area contributed by atoms with Gasteiger partial charge in [0.1, 0.15) is 12.4 Å². The fourth-order valence-electron chi connectivity index (χ4n) is 5.63. The number of pyridine rings is 1. The number of methoxy groups -OCH3 is 2. The molecule has 4 aromatic rings. The molecule has 8 nitrogen and oxygen atoms in total. The first-order valence-corrected chi connectivity index (χ1v) is 13.9. The molecule has 1 aliphatic heterocycles. The van der Waals surface area contributed by atoms with Gasteiger partial charge in [-0.05, 0) is 99.1 Å². The standard InChI is InChI=1S/C32H35N5O3S/c1-19-10-11-20(2)27(15-19)36-21(3)16-24(22(36)4)31-30(25-9-7-8-14-33-25)35-32(41)37(31)23-12-13-28(40-6)26(17-23)34-29(38)18-39-5/h7-17,30-31H,18H2,1-6H3,(H,34,38)(H,35,41)/t30-,31+/m0/s1. The number of rotatable bonds is 8. The SMILES string of the molecule is COCC(=O)Nc1cc(N2C(=S)N[C@@H](c3ccccn3)[C@H]2c2cc(C)n(-c3cc(C)ccc3C)c2C)ccc1OC. The number of carbonyl (C=O) groups excluding carboxylic acids is 1. The predicted octanol–water partition coefficient (Wildman–Crippen LogP) is 5.88. The number of ether oxygens (including phenoxy) is 2. The first-order valence-electron chi connectivity index (χ1n) is 13.5. The van der Waals surface area contributed by atoms with Crippen molar-refractivity contribution < 1.29 is 14.3 Å². The number of anilines is 2. The van der Waals surface area contributed by atoms with Crippen molar-refractivity contribution in [3.05, 3.63) is 101 Å². The number of aromatic nitrogens is 2. The van der Waals surface area contributed by atoms with E-state index >= 15 is 0 Å². The van der Waals surface area contributed by atoms with Crippen molar-refractivity contribution in [1.82, 2.24) is 14.9 Å². The van der Waals surface area contributed by atoms with Crippen molar-refractivity contribution in [3.63, 3.8) is 0 Å². The lowest BCUT2D eigenvalue weighted by Gasteiger charge is -2.29. The van der Waals surface area contributed by atoms with Gasteiger partial charge in [0, 0.05) is 36.1 Å². The number of hydrogen-bond acceptors (Lipinski definition) is 5. The monoisotopic (exact) mass is 569 g/mol. The van der Waals surface area contributed by atoms with Crippen molar-refractivity contribution in [3.8, 4) is 11.4 Å². The maximum Gasteiger partial charge on any atom is 0.250 e. The van der Waals surface area contributed by atoms with Crippen molar-refractivity contribution in [2.45, 2.75) is 39.8 Å². The molecular formula is C32H35N5O3S. The zero-order valence-electron chi connectivity index (χ0n) is 24.2. The predicted molar refractivity (Wildman–Crippen MR) is 166 cm³/mol. The van der Waals surface area contributed by atoms with E-state index in [0.717, 1.165) is 34.0 Å². The Hall–Kier alpha value is -4.21. The number of nitrogens with zero attached hydrogens (tertiary/aromatic N) is 3. The van der Waals surface area contributed by atoms with Crippen molar-refractivity contribution in [1.29, 1.82) is 0 Å². The van der Waals surface area contributed by atoms with Crippen LogP contribution >= 0.6 is 12.2 Å². The van der Waals surface area contributed by atoms with Crippen LogP contribution in [0.3, 0.4) is 0 Å². The maximum absolute atomic E-state index is 12.4. The van der Waals surface area contributed by atoms with Crippen LogP contribution in [0.15, 0.2) is 66.9 Å². The van der Waals surface area contributed by atoms with Crippen LogP contribution in [0.4, 0.5) is 11.4 Å². The Balaban J connectivity index is 1.66. The molecule has 212 valence electrons. The summed E-state index contributed by atoms with van der Waals surface area (Å²) in [6.07, 6.45) is 1.80. The van der Waals surface area contributed by atoms with Crippen molar-refractivity contribution in [2.75, 3.05) is 31.0 Å². The number of aryl methyl sites for hydroxylation is 3. The number of hydrogen-bond donors (Lipinski definition) is 2. The largest absolute Gasteiger partial charge is 0.495 e. The molecule has 1 aliphatic rings. The van der Waals surface area contributed by atoms with E-state index in [1.165, 1.54) is 18.2 Å². The van der Waals surface area contributed by atoms with Gasteiger partial charge in [0.2, 0.25) is 5.91 Å². The van der Waals surface area contributed by atoms with Gasteiger partial charge >= 0.3 is 0 Å². The highest BCUT2D eigenvalue weighted by atomic mass is 32.1. The Morgan fingerprint density at radius 1 is 1.05 bits per heavy atom. The van der Waals surface area contributed by atoms with Gasteiger partial charge in [-0.3, -0.25) is 9.78 Å². The normalized spacial score (nSPS) is 16.5. The molecular weight excluding hydrogens is 534 g/mol. The average molecular weight is 570 g/mol. The lowest BCUT2D eigenvalue weighted by molar-refractivity contribution is -0.119. The highest BCUT2D eigenvalue weighted by Gasteiger charge is 2.42. The van der Waals surface area contributed by atoms with Crippen LogP contribution in [-0.2, 0) is 9.53 Å². The lowest BCUT2D eigenvalue weighted by Crippen LogP contribution is -2.29. The minimum absolute atomic E-state index is 0.0637. The van der Waals surface area contributed by atoms with E-state index in [1.54, 1.807) is 13.3 Å². The van der Waals surface area contributed by atoms with Crippen LogP contribution < -0.4 is 20.3 Å². The van der Waals surface area contributed by atoms with Gasteiger partial charge in [-0.15, -0.1) is 0 Å². The minimum atomic E-state index is -0.273. The molecule has 1 amide bonds. The second kappa shape index (κ2) is 11.7. The van der Waals surface area contributed by atoms with Gasteiger partial charge in [-0.1, -0.05) is 18.2 Å². The number of benzene rings is 2. The summed E-state index contributed by atoms with van der Waals surface area (Å²) >= 11 is 5.97. The first kappa shape index (κ1) is 28.3. The van der Waals surface area contributed by atoms with Crippen molar-refractivity contribution >= 4 is 34.6 Å². The zero-order chi connectivity index (χ0) is 29.3. The molecule has 0 saturated carbocycles. The molecule has 3 heterocycles. The molecule has 2 N–H and O–H groups in total. The molecule has 1 fully saturated rings. The van der Waals surface area contributed by atoms with Crippen molar-refractivity contribution in [2.24, 2.45) is 0 Å². The Kier molecular flexibility index (Phi) is 8.10. The molecule has 0 aliphatic carbocycles. The Morgan fingerprint density at radius 2 is 1.85 bits per heavy atom. The summed E-state index contributed by atoms with van der Waals surface area (Å²) in [6.45, 7) is 8.48. The van der Waals surface area contributed by atoms with Crippen LogP contribution in [0.1, 0.15) is 45.9 Å². The second-order valence-corrected chi connectivity index (χ2v) is 10.7. The highest BCUT2D eigenvalue weighted by Crippen LogP contribution is 2.45. The van der Waals surface area contributed by atoms with Crippen LogP contribution in [0.25, 0.3) is 5.69 Å². The summed E-state index contributed by atoms with van der Waals surface area (Å²) in [7, 11) is 3.06. The van der Waals surface area contributed by atoms with Gasteiger partial charge in [-0.25, -0.2) is 0 Å². The maximum atomic E-state index is 12.4. The highest BCUT2D eigenvalue weighted by molar-refractivity contribution is 7.80. The van der Waals surface area contributed by atoms with E-state index in [0.29, 0.717) is 16.5 Å². The van der Waals surface area contributed by atoms with Gasteiger partial charge < -0.3 is 29.6 Å². The fourth-order valence-corrected chi connectivity index (χ4v) is 5.97. The molecule has 41 heavy (non-hydrogen) atoms. The van der Waals surface area contributed by atoms with E-state index in [-0.39, 0.29) is 24.6 Å². The number of carbonyl (C=O) groups is 1. The van der Waals surface area contributed by atoms with E-state index in [9.17, 15) is 4.79 Å². The zero-order valence-corrected chi connectivity index (χ0v) is 25.0. The van der Waals surface area contributed by atoms with Crippen LogP contribution in [0.5, 0.6) is 5.75 Å². The topological polar surface area (TPSA) is 80.7 Å². The molecule has 9 heteroatoms. The molecule has 0 unspecified atom stereocenters. The fraction of sp³-hybridized carbons (Fsp3) is 0.281. The van der Waals surface area contributed by atoms with Crippen LogP contribution in [0, 0.1) is 27.7 Å². The average Bonchev–Trinajstić information content (AvgIpc) is 3.45. The van der Waals surface area contributed by atoms with E-state index < -0.39 is 0 Å². The summed E-state index contributed by atoms with van der Waals surface area (Å²) < 4.78 is 12.9. The van der Waals surface area contributed by atoms with E-state index in [1.807, 2.05) is 36.4 Å². The molecule has 2 aromatic carbocycles.